The topological polar surface area (TPSA) is 33.2 Å². The number of benzene rings is 1. The summed E-state index contributed by atoms with van der Waals surface area (Å²) in [4.78, 5) is 19.5. The predicted molar refractivity (Wildman–Crippen MR) is 87.8 cm³/mol. The molecular formula is C19H22N2O. The van der Waals surface area contributed by atoms with Crippen molar-refractivity contribution < 1.29 is 4.79 Å². The van der Waals surface area contributed by atoms with Crippen LogP contribution in [-0.2, 0) is 0 Å². The van der Waals surface area contributed by atoms with Crippen molar-refractivity contribution >= 4 is 5.91 Å². The lowest BCUT2D eigenvalue weighted by Gasteiger charge is -2.29. The van der Waals surface area contributed by atoms with Crippen LogP contribution in [0.4, 0.5) is 0 Å². The number of pyridine rings is 1. The summed E-state index contributed by atoms with van der Waals surface area (Å²) in [6.07, 6.45) is 3.97. The molecule has 0 unspecified atom stereocenters. The Balaban J connectivity index is 1.92. The summed E-state index contributed by atoms with van der Waals surface area (Å²) >= 11 is 0. The quantitative estimate of drug-likeness (QED) is 0.852. The van der Waals surface area contributed by atoms with Crippen LogP contribution in [0, 0.1) is 13.8 Å². The molecule has 1 amide bonds. The molecule has 114 valence electrons. The maximum absolute atomic E-state index is 13.0. The molecule has 1 heterocycles. The Morgan fingerprint density at radius 1 is 1.18 bits per heavy atom. The van der Waals surface area contributed by atoms with Crippen molar-refractivity contribution in [3.8, 4) is 0 Å². The predicted octanol–water partition coefficient (Wildman–Crippen LogP) is 4.06. The van der Waals surface area contributed by atoms with Crippen LogP contribution in [0.15, 0.2) is 42.6 Å². The van der Waals surface area contributed by atoms with Crippen molar-refractivity contribution in [1.82, 2.24) is 9.88 Å². The largest absolute Gasteiger partial charge is 0.327 e. The SMILES string of the molecule is Cc1cc(C)cc(C(=O)N(C2CC2)[C@@H](C)c2ccccn2)c1. The molecule has 0 spiro atoms. The van der Waals surface area contributed by atoms with Crippen LogP contribution in [0.2, 0.25) is 0 Å². The third-order valence-electron chi connectivity index (χ3n) is 4.18. The smallest absolute Gasteiger partial charge is 0.254 e. The Morgan fingerprint density at radius 3 is 2.41 bits per heavy atom. The molecule has 1 atom stereocenters. The summed E-state index contributed by atoms with van der Waals surface area (Å²) < 4.78 is 0. The van der Waals surface area contributed by atoms with E-state index in [9.17, 15) is 4.79 Å². The molecule has 2 aromatic rings. The average Bonchev–Trinajstić information content (AvgIpc) is 3.32. The fraction of sp³-hybridized carbons (Fsp3) is 0.368. The van der Waals surface area contributed by atoms with Gasteiger partial charge in [0.1, 0.15) is 0 Å². The lowest BCUT2D eigenvalue weighted by Crippen LogP contribution is -2.36. The van der Waals surface area contributed by atoms with E-state index in [1.54, 1.807) is 6.20 Å². The van der Waals surface area contributed by atoms with Crippen LogP contribution in [0.1, 0.15) is 53.0 Å². The van der Waals surface area contributed by atoms with Crippen LogP contribution in [0.25, 0.3) is 0 Å². The van der Waals surface area contributed by atoms with E-state index in [0.717, 1.165) is 35.2 Å². The maximum atomic E-state index is 13.0. The lowest BCUT2D eigenvalue weighted by atomic mass is 10.0. The van der Waals surface area contributed by atoms with E-state index < -0.39 is 0 Å². The van der Waals surface area contributed by atoms with Gasteiger partial charge in [-0.15, -0.1) is 0 Å². The first-order chi connectivity index (χ1) is 10.6. The first kappa shape index (κ1) is 14.8. The standard InChI is InChI=1S/C19H22N2O/c1-13-10-14(2)12-16(11-13)19(22)21(17-7-8-17)15(3)18-6-4-5-9-20-18/h4-6,9-12,15,17H,7-8H2,1-3H3/t15-/m0/s1. The zero-order chi connectivity index (χ0) is 15.7. The molecule has 22 heavy (non-hydrogen) atoms. The van der Waals surface area contributed by atoms with Crippen molar-refractivity contribution in [3.63, 3.8) is 0 Å². The highest BCUT2D eigenvalue weighted by atomic mass is 16.2. The number of rotatable bonds is 4. The normalized spacial score (nSPS) is 15.4. The van der Waals surface area contributed by atoms with Crippen molar-refractivity contribution in [2.45, 2.75) is 45.7 Å². The number of aromatic nitrogens is 1. The van der Waals surface area contributed by atoms with Crippen LogP contribution < -0.4 is 0 Å². The Labute approximate surface area is 132 Å². The first-order valence-corrected chi connectivity index (χ1v) is 7.88. The number of hydrogen-bond acceptors (Lipinski definition) is 2. The van der Waals surface area contributed by atoms with Crippen molar-refractivity contribution in [1.29, 1.82) is 0 Å². The van der Waals surface area contributed by atoms with E-state index in [2.05, 4.69) is 18.0 Å². The number of nitrogens with zero attached hydrogens (tertiary/aromatic N) is 2. The zero-order valence-corrected chi connectivity index (χ0v) is 13.4. The molecular weight excluding hydrogens is 272 g/mol. The number of hydrogen-bond donors (Lipinski definition) is 0. The zero-order valence-electron chi connectivity index (χ0n) is 13.4. The van der Waals surface area contributed by atoms with Gasteiger partial charge in [0, 0.05) is 17.8 Å². The third-order valence-corrected chi connectivity index (χ3v) is 4.18. The van der Waals surface area contributed by atoms with Crippen molar-refractivity contribution in [2.24, 2.45) is 0 Å². The maximum Gasteiger partial charge on any atom is 0.254 e. The monoisotopic (exact) mass is 294 g/mol. The first-order valence-electron chi connectivity index (χ1n) is 7.88. The van der Waals surface area contributed by atoms with Crippen molar-refractivity contribution in [2.75, 3.05) is 0 Å². The Morgan fingerprint density at radius 2 is 1.86 bits per heavy atom. The molecule has 0 aliphatic heterocycles. The number of carbonyl (C=O) groups is 1. The molecule has 3 nitrogen and oxygen atoms in total. The summed E-state index contributed by atoms with van der Waals surface area (Å²) in [6.45, 7) is 6.14. The van der Waals surface area contributed by atoms with E-state index in [-0.39, 0.29) is 11.9 Å². The van der Waals surface area contributed by atoms with Gasteiger partial charge < -0.3 is 4.90 Å². The molecule has 1 aromatic carbocycles. The summed E-state index contributed by atoms with van der Waals surface area (Å²) in [5, 5.41) is 0. The van der Waals surface area contributed by atoms with Gasteiger partial charge >= 0.3 is 0 Å². The summed E-state index contributed by atoms with van der Waals surface area (Å²) in [6, 6.07) is 12.3. The fourth-order valence-corrected chi connectivity index (χ4v) is 3.02. The minimum Gasteiger partial charge on any atom is -0.327 e. The fourth-order valence-electron chi connectivity index (χ4n) is 3.02. The molecule has 1 saturated carbocycles. The number of amides is 1. The summed E-state index contributed by atoms with van der Waals surface area (Å²) in [7, 11) is 0. The van der Waals surface area contributed by atoms with Gasteiger partial charge in [-0.25, -0.2) is 0 Å². The highest BCUT2D eigenvalue weighted by molar-refractivity contribution is 5.95. The third kappa shape index (κ3) is 3.03. The lowest BCUT2D eigenvalue weighted by molar-refractivity contribution is 0.0670. The van der Waals surface area contributed by atoms with E-state index in [0.29, 0.717) is 6.04 Å². The van der Waals surface area contributed by atoms with E-state index in [1.807, 2.05) is 49.1 Å². The minimum atomic E-state index is 0.00187. The highest BCUT2D eigenvalue weighted by Crippen LogP contribution is 2.35. The van der Waals surface area contributed by atoms with Crippen LogP contribution in [0.3, 0.4) is 0 Å². The summed E-state index contributed by atoms with van der Waals surface area (Å²) in [5.74, 6) is 0.118. The van der Waals surface area contributed by atoms with Crippen LogP contribution in [0.5, 0.6) is 0 Å². The molecule has 0 radical (unpaired) electrons. The second-order valence-corrected chi connectivity index (χ2v) is 6.25. The van der Waals surface area contributed by atoms with Gasteiger partial charge in [-0.05, 0) is 57.9 Å². The van der Waals surface area contributed by atoms with E-state index in [4.69, 9.17) is 0 Å². The second-order valence-electron chi connectivity index (χ2n) is 6.25. The Hall–Kier alpha value is -2.16. The Kier molecular flexibility index (Phi) is 3.97. The van der Waals surface area contributed by atoms with Gasteiger partial charge in [-0.2, -0.15) is 0 Å². The summed E-state index contributed by atoms with van der Waals surface area (Å²) in [5.41, 5.74) is 3.99. The molecule has 1 aromatic heterocycles. The van der Waals surface area contributed by atoms with Gasteiger partial charge in [0.15, 0.2) is 0 Å². The van der Waals surface area contributed by atoms with Gasteiger partial charge in [-0.3, -0.25) is 9.78 Å². The van der Waals surface area contributed by atoms with Crippen molar-refractivity contribution in [3.05, 3.63) is 65.0 Å². The highest BCUT2D eigenvalue weighted by Gasteiger charge is 2.37. The molecule has 1 aliphatic rings. The molecule has 3 heteroatoms. The minimum absolute atomic E-state index is 0.00187. The van der Waals surface area contributed by atoms with Crippen LogP contribution in [-0.4, -0.2) is 21.8 Å². The molecule has 0 N–H and O–H groups in total. The van der Waals surface area contributed by atoms with Gasteiger partial charge in [-0.1, -0.05) is 23.3 Å². The van der Waals surface area contributed by atoms with Gasteiger partial charge in [0.25, 0.3) is 5.91 Å². The molecule has 0 bridgehead atoms. The molecule has 1 fully saturated rings. The average molecular weight is 294 g/mol. The second kappa shape index (κ2) is 5.91. The number of aryl methyl sites for hydroxylation is 2. The molecule has 0 saturated heterocycles. The van der Waals surface area contributed by atoms with E-state index in [1.165, 1.54) is 0 Å². The van der Waals surface area contributed by atoms with Gasteiger partial charge in [0.2, 0.25) is 0 Å². The van der Waals surface area contributed by atoms with E-state index >= 15 is 0 Å². The Bertz CT molecular complexity index is 657. The van der Waals surface area contributed by atoms with Gasteiger partial charge in [0.05, 0.1) is 11.7 Å². The number of carbonyl (C=O) groups excluding carboxylic acids is 1. The van der Waals surface area contributed by atoms with Crippen LogP contribution >= 0.6 is 0 Å². The molecule has 3 rings (SSSR count). The molecule has 1 aliphatic carbocycles.